The van der Waals surface area contributed by atoms with E-state index in [9.17, 15) is 22.0 Å². The van der Waals surface area contributed by atoms with Crippen LogP contribution in [0.15, 0.2) is 22.4 Å². The summed E-state index contributed by atoms with van der Waals surface area (Å²) in [6.45, 7) is 5.25. The molecule has 0 spiro atoms. The van der Waals surface area contributed by atoms with Crippen LogP contribution in [0.4, 0.5) is 33.3 Å². The van der Waals surface area contributed by atoms with Crippen molar-refractivity contribution >= 4 is 11.4 Å². The van der Waals surface area contributed by atoms with Crippen molar-refractivity contribution in [1.29, 1.82) is 0 Å². The van der Waals surface area contributed by atoms with Crippen molar-refractivity contribution < 1.29 is 22.0 Å². The zero-order chi connectivity index (χ0) is 16.6. The number of aryl methyl sites for hydroxylation is 3. The SMILES string of the molecule is Cc1cc(C)c(N=Nc2c(F)c(F)c(F)c(F)c2F)c(C)c1. The van der Waals surface area contributed by atoms with Gasteiger partial charge in [0.05, 0.1) is 5.69 Å². The van der Waals surface area contributed by atoms with Crippen LogP contribution < -0.4 is 0 Å². The molecule has 0 aliphatic rings. The van der Waals surface area contributed by atoms with Crippen LogP contribution in [0.1, 0.15) is 16.7 Å². The molecular formula is C15H11F5N2. The lowest BCUT2D eigenvalue weighted by Gasteiger charge is -2.06. The van der Waals surface area contributed by atoms with Gasteiger partial charge in [0.15, 0.2) is 29.0 Å². The Morgan fingerprint density at radius 3 is 1.41 bits per heavy atom. The lowest BCUT2D eigenvalue weighted by atomic mass is 10.1. The van der Waals surface area contributed by atoms with Crippen molar-refractivity contribution in [1.82, 2.24) is 0 Å². The molecule has 0 radical (unpaired) electrons. The Kier molecular flexibility index (Phi) is 4.25. The maximum absolute atomic E-state index is 13.5. The summed E-state index contributed by atoms with van der Waals surface area (Å²) in [6, 6.07) is 3.53. The summed E-state index contributed by atoms with van der Waals surface area (Å²) in [7, 11) is 0. The minimum Gasteiger partial charge on any atom is -0.201 e. The summed E-state index contributed by atoms with van der Waals surface area (Å²) in [4.78, 5) is 0. The fourth-order valence-corrected chi connectivity index (χ4v) is 2.11. The highest BCUT2D eigenvalue weighted by Crippen LogP contribution is 2.32. The lowest BCUT2D eigenvalue weighted by Crippen LogP contribution is -2.00. The highest BCUT2D eigenvalue weighted by Gasteiger charge is 2.25. The first-order valence-corrected chi connectivity index (χ1v) is 6.25. The number of hydrogen-bond donors (Lipinski definition) is 0. The molecule has 2 aromatic rings. The molecule has 2 rings (SSSR count). The van der Waals surface area contributed by atoms with E-state index in [-0.39, 0.29) is 0 Å². The van der Waals surface area contributed by atoms with Crippen molar-refractivity contribution in [2.45, 2.75) is 20.8 Å². The van der Waals surface area contributed by atoms with Crippen molar-refractivity contribution in [2.24, 2.45) is 10.2 Å². The zero-order valence-electron chi connectivity index (χ0n) is 11.9. The van der Waals surface area contributed by atoms with Gasteiger partial charge in [0.1, 0.15) is 0 Å². The predicted octanol–water partition coefficient (Wildman–Crippen LogP) is 5.72. The number of rotatable bonds is 2. The number of benzene rings is 2. The molecule has 2 nitrogen and oxygen atoms in total. The highest BCUT2D eigenvalue weighted by molar-refractivity contribution is 5.54. The van der Waals surface area contributed by atoms with Crippen LogP contribution in [-0.4, -0.2) is 0 Å². The first kappa shape index (κ1) is 16.1. The van der Waals surface area contributed by atoms with E-state index < -0.39 is 34.8 Å². The van der Waals surface area contributed by atoms with Crippen molar-refractivity contribution in [3.8, 4) is 0 Å². The Morgan fingerprint density at radius 2 is 0.955 bits per heavy atom. The Labute approximate surface area is 123 Å². The second kappa shape index (κ2) is 5.82. The molecule has 0 heterocycles. The third kappa shape index (κ3) is 2.70. The van der Waals surface area contributed by atoms with Crippen LogP contribution in [0, 0.1) is 49.9 Å². The molecule has 0 aromatic heterocycles. The summed E-state index contributed by atoms with van der Waals surface area (Å²) in [6.07, 6.45) is 0. The van der Waals surface area contributed by atoms with Crippen LogP contribution in [0.25, 0.3) is 0 Å². The number of hydrogen-bond acceptors (Lipinski definition) is 2. The van der Waals surface area contributed by atoms with Gasteiger partial charge in [0.2, 0.25) is 5.82 Å². The molecule has 0 atom stereocenters. The van der Waals surface area contributed by atoms with Gasteiger partial charge < -0.3 is 0 Å². The van der Waals surface area contributed by atoms with E-state index in [0.717, 1.165) is 5.56 Å². The monoisotopic (exact) mass is 314 g/mol. The first-order chi connectivity index (χ1) is 10.2. The molecule has 116 valence electrons. The Bertz CT molecular complexity index is 732. The van der Waals surface area contributed by atoms with Crippen LogP contribution in [0.3, 0.4) is 0 Å². The van der Waals surface area contributed by atoms with Crippen molar-refractivity contribution in [3.63, 3.8) is 0 Å². The quantitative estimate of drug-likeness (QED) is 0.293. The fourth-order valence-electron chi connectivity index (χ4n) is 2.11. The molecule has 0 unspecified atom stereocenters. The van der Waals surface area contributed by atoms with Crippen molar-refractivity contribution in [2.75, 3.05) is 0 Å². The molecule has 0 saturated heterocycles. The lowest BCUT2D eigenvalue weighted by molar-refractivity contribution is 0.380. The third-order valence-corrected chi connectivity index (χ3v) is 3.07. The maximum Gasteiger partial charge on any atom is 0.200 e. The standard InChI is InChI=1S/C15H11F5N2/c1-6-4-7(2)14(8(3)5-6)21-22-15-12(19)10(17)9(16)11(18)13(15)20/h4-5H,1-3H3. The third-order valence-electron chi connectivity index (χ3n) is 3.07. The molecule has 0 bridgehead atoms. The van der Waals surface area contributed by atoms with Gasteiger partial charge in [-0.3, -0.25) is 0 Å². The largest absolute Gasteiger partial charge is 0.201 e. The van der Waals surface area contributed by atoms with Gasteiger partial charge >= 0.3 is 0 Å². The van der Waals surface area contributed by atoms with Crippen LogP contribution >= 0.6 is 0 Å². The molecule has 0 N–H and O–H groups in total. The van der Waals surface area contributed by atoms with E-state index in [1.807, 2.05) is 6.92 Å². The summed E-state index contributed by atoms with van der Waals surface area (Å²) in [5, 5.41) is 6.86. The Hall–Kier alpha value is -2.31. The van der Waals surface area contributed by atoms with Gasteiger partial charge in [-0.15, -0.1) is 10.2 Å². The topological polar surface area (TPSA) is 24.7 Å². The average molecular weight is 314 g/mol. The number of nitrogens with zero attached hydrogens (tertiary/aromatic N) is 2. The van der Waals surface area contributed by atoms with Crippen molar-refractivity contribution in [3.05, 3.63) is 57.9 Å². The Morgan fingerprint density at radius 1 is 0.591 bits per heavy atom. The first-order valence-electron chi connectivity index (χ1n) is 6.25. The zero-order valence-corrected chi connectivity index (χ0v) is 11.9. The minimum absolute atomic E-state index is 0.314. The Balaban J connectivity index is 2.57. The average Bonchev–Trinajstić information content (AvgIpc) is 2.45. The minimum atomic E-state index is -2.23. The van der Waals surface area contributed by atoms with Gasteiger partial charge in [-0.05, 0) is 31.9 Å². The summed E-state index contributed by atoms with van der Waals surface area (Å²) >= 11 is 0. The second-order valence-corrected chi connectivity index (χ2v) is 4.87. The summed E-state index contributed by atoms with van der Waals surface area (Å²) in [5.41, 5.74) is 1.30. The summed E-state index contributed by atoms with van der Waals surface area (Å²) in [5.74, 6) is -10.3. The van der Waals surface area contributed by atoms with E-state index in [2.05, 4.69) is 10.2 Å². The van der Waals surface area contributed by atoms with Crippen LogP contribution in [0.5, 0.6) is 0 Å². The molecule has 0 saturated carbocycles. The van der Waals surface area contributed by atoms with Crippen LogP contribution in [0.2, 0.25) is 0 Å². The van der Waals surface area contributed by atoms with Gasteiger partial charge in [0, 0.05) is 0 Å². The number of azo groups is 1. The maximum atomic E-state index is 13.5. The van der Waals surface area contributed by atoms with Gasteiger partial charge in [-0.2, -0.15) is 0 Å². The van der Waals surface area contributed by atoms with Crippen LogP contribution in [-0.2, 0) is 0 Å². The molecule has 0 aliphatic heterocycles. The summed E-state index contributed by atoms with van der Waals surface area (Å²) < 4.78 is 66.1. The van der Waals surface area contributed by atoms with E-state index in [0.29, 0.717) is 16.8 Å². The second-order valence-electron chi connectivity index (χ2n) is 4.87. The molecule has 22 heavy (non-hydrogen) atoms. The normalized spacial score (nSPS) is 11.5. The van der Waals surface area contributed by atoms with E-state index in [4.69, 9.17) is 0 Å². The molecule has 0 fully saturated rings. The molecule has 7 heteroatoms. The van der Waals surface area contributed by atoms with E-state index in [1.54, 1.807) is 26.0 Å². The molecular weight excluding hydrogens is 303 g/mol. The predicted molar refractivity (Wildman–Crippen MR) is 71.1 cm³/mol. The van der Waals surface area contributed by atoms with E-state index in [1.165, 1.54) is 0 Å². The molecule has 2 aromatic carbocycles. The smallest absolute Gasteiger partial charge is 0.200 e. The molecule has 0 amide bonds. The van der Waals surface area contributed by atoms with E-state index >= 15 is 0 Å². The fraction of sp³-hybridized carbons (Fsp3) is 0.200. The number of halogens is 5. The van der Waals surface area contributed by atoms with Gasteiger partial charge in [-0.25, -0.2) is 22.0 Å². The van der Waals surface area contributed by atoms with Gasteiger partial charge in [-0.1, -0.05) is 17.7 Å². The highest BCUT2D eigenvalue weighted by atomic mass is 19.2. The molecule has 0 aliphatic carbocycles. The van der Waals surface area contributed by atoms with Gasteiger partial charge in [0.25, 0.3) is 0 Å².